The van der Waals surface area contributed by atoms with Gasteiger partial charge in [0, 0.05) is 6.54 Å². The predicted octanol–water partition coefficient (Wildman–Crippen LogP) is 4.19. The molecule has 0 saturated carbocycles. The van der Waals surface area contributed by atoms with Gasteiger partial charge in [0.15, 0.2) is 0 Å². The number of nitrogens with one attached hydrogen (secondary N) is 2. The van der Waals surface area contributed by atoms with Crippen molar-refractivity contribution in [2.24, 2.45) is 5.10 Å². The number of hydrazone groups is 1. The Hall–Kier alpha value is -4.45. The van der Waals surface area contributed by atoms with Crippen LogP contribution in [-0.2, 0) is 22.7 Å². The van der Waals surface area contributed by atoms with E-state index in [1.807, 2.05) is 78.9 Å². The largest absolute Gasteiger partial charge is 0.489 e. The number of rotatable bonds is 7. The molecule has 6 heteroatoms. The van der Waals surface area contributed by atoms with Crippen LogP contribution in [0.15, 0.2) is 102 Å². The van der Waals surface area contributed by atoms with Gasteiger partial charge in [-0.05, 0) is 39.6 Å². The first kappa shape index (κ1) is 21.8. The van der Waals surface area contributed by atoms with Crippen molar-refractivity contribution in [3.63, 3.8) is 0 Å². The van der Waals surface area contributed by atoms with Crippen molar-refractivity contribution in [3.8, 4) is 5.75 Å². The third-order valence-electron chi connectivity index (χ3n) is 5.01. The third-order valence-corrected chi connectivity index (χ3v) is 5.01. The van der Waals surface area contributed by atoms with Gasteiger partial charge < -0.3 is 10.1 Å². The van der Waals surface area contributed by atoms with E-state index in [0.29, 0.717) is 12.4 Å². The maximum absolute atomic E-state index is 11.9. The monoisotopic (exact) mass is 437 g/mol. The second-order valence-corrected chi connectivity index (χ2v) is 7.37. The Labute approximate surface area is 191 Å². The lowest BCUT2D eigenvalue weighted by molar-refractivity contribution is -0.139. The molecule has 4 aromatic carbocycles. The Morgan fingerprint density at radius 3 is 2.45 bits per heavy atom. The molecule has 0 fully saturated rings. The first-order chi connectivity index (χ1) is 16.2. The number of hydrogen-bond acceptors (Lipinski definition) is 4. The topological polar surface area (TPSA) is 79.8 Å². The molecule has 2 N–H and O–H groups in total. The van der Waals surface area contributed by atoms with Gasteiger partial charge in [-0.1, -0.05) is 84.9 Å². The van der Waals surface area contributed by atoms with Crippen LogP contribution in [-0.4, -0.2) is 18.0 Å². The van der Waals surface area contributed by atoms with Crippen molar-refractivity contribution in [3.05, 3.63) is 114 Å². The number of carbonyl (C=O) groups is 2. The first-order valence-corrected chi connectivity index (χ1v) is 10.5. The molecule has 0 aliphatic heterocycles. The summed E-state index contributed by atoms with van der Waals surface area (Å²) in [6.07, 6.45) is 1.47. The molecule has 0 unspecified atom stereocenters. The summed E-state index contributed by atoms with van der Waals surface area (Å²) < 4.78 is 5.97. The van der Waals surface area contributed by atoms with Gasteiger partial charge in [0.2, 0.25) is 0 Å². The average Bonchev–Trinajstić information content (AvgIpc) is 2.87. The fraction of sp³-hybridized carbons (Fsp3) is 0.0741. The highest BCUT2D eigenvalue weighted by molar-refractivity contribution is 6.35. The Bertz CT molecular complexity index is 1280. The van der Waals surface area contributed by atoms with E-state index in [9.17, 15) is 9.59 Å². The van der Waals surface area contributed by atoms with E-state index in [1.54, 1.807) is 0 Å². The van der Waals surface area contributed by atoms with Crippen LogP contribution < -0.4 is 15.5 Å². The molecule has 0 heterocycles. The second kappa shape index (κ2) is 10.7. The van der Waals surface area contributed by atoms with E-state index in [0.717, 1.165) is 22.1 Å². The van der Waals surface area contributed by atoms with Gasteiger partial charge in [-0.15, -0.1) is 0 Å². The van der Waals surface area contributed by atoms with Crippen LogP contribution in [0.2, 0.25) is 0 Å². The highest BCUT2D eigenvalue weighted by atomic mass is 16.5. The van der Waals surface area contributed by atoms with Gasteiger partial charge in [0.05, 0.1) is 6.21 Å². The summed E-state index contributed by atoms with van der Waals surface area (Å²) in [4.78, 5) is 23.8. The molecule has 33 heavy (non-hydrogen) atoms. The number of ether oxygens (including phenoxy) is 1. The minimum Gasteiger partial charge on any atom is -0.489 e. The van der Waals surface area contributed by atoms with Crippen LogP contribution in [0.3, 0.4) is 0 Å². The molecule has 4 aromatic rings. The standard InChI is InChI=1S/C27H23N3O3/c31-26(28-17-20-8-2-1-3-9-20)27(32)30-29-18-21-10-6-14-24(16-21)33-19-23-13-7-12-22-11-4-5-15-25(22)23/h1-16,18H,17,19H2,(H,28,31)(H,30,32)/b29-18+. The smallest absolute Gasteiger partial charge is 0.329 e. The van der Waals surface area contributed by atoms with Crippen molar-refractivity contribution in [1.82, 2.24) is 10.7 Å². The van der Waals surface area contributed by atoms with E-state index in [4.69, 9.17) is 4.74 Å². The Morgan fingerprint density at radius 2 is 1.58 bits per heavy atom. The highest BCUT2D eigenvalue weighted by Crippen LogP contribution is 2.21. The molecule has 0 aliphatic rings. The third kappa shape index (κ3) is 6.04. The van der Waals surface area contributed by atoms with Crippen LogP contribution in [0.25, 0.3) is 10.8 Å². The van der Waals surface area contributed by atoms with Crippen molar-refractivity contribution in [2.45, 2.75) is 13.2 Å². The molecule has 0 spiro atoms. The van der Waals surface area contributed by atoms with E-state index in [-0.39, 0.29) is 6.54 Å². The molecule has 4 rings (SSSR count). The number of amides is 2. The van der Waals surface area contributed by atoms with Crippen molar-refractivity contribution >= 4 is 28.8 Å². The minimum atomic E-state index is -0.828. The van der Waals surface area contributed by atoms with Gasteiger partial charge in [-0.2, -0.15) is 5.10 Å². The normalized spacial score (nSPS) is 10.8. The predicted molar refractivity (Wildman–Crippen MR) is 129 cm³/mol. The molecule has 0 aromatic heterocycles. The maximum Gasteiger partial charge on any atom is 0.329 e. The van der Waals surface area contributed by atoms with E-state index < -0.39 is 11.8 Å². The molecular weight excluding hydrogens is 414 g/mol. The first-order valence-electron chi connectivity index (χ1n) is 10.5. The Kier molecular flexibility index (Phi) is 7.08. The summed E-state index contributed by atoms with van der Waals surface area (Å²) in [6.45, 7) is 0.702. The maximum atomic E-state index is 11.9. The minimum absolute atomic E-state index is 0.271. The summed E-state index contributed by atoms with van der Waals surface area (Å²) >= 11 is 0. The lowest BCUT2D eigenvalue weighted by Crippen LogP contribution is -2.37. The number of benzene rings is 4. The Balaban J connectivity index is 1.30. The van der Waals surface area contributed by atoms with Crippen LogP contribution in [0.4, 0.5) is 0 Å². The number of nitrogens with zero attached hydrogens (tertiary/aromatic N) is 1. The van der Waals surface area contributed by atoms with Crippen LogP contribution in [0, 0.1) is 0 Å². The van der Waals surface area contributed by atoms with E-state index in [2.05, 4.69) is 34.0 Å². The van der Waals surface area contributed by atoms with Gasteiger partial charge in [0.1, 0.15) is 12.4 Å². The van der Waals surface area contributed by atoms with E-state index in [1.165, 1.54) is 11.6 Å². The highest BCUT2D eigenvalue weighted by Gasteiger charge is 2.11. The summed E-state index contributed by atoms with van der Waals surface area (Å²) in [5, 5.41) is 8.76. The molecule has 0 radical (unpaired) electrons. The molecule has 0 bridgehead atoms. The van der Waals surface area contributed by atoms with Gasteiger partial charge in [-0.25, -0.2) is 5.43 Å². The molecule has 0 atom stereocenters. The summed E-state index contributed by atoms with van der Waals surface area (Å²) in [5.41, 5.74) is 4.98. The zero-order chi connectivity index (χ0) is 22.9. The SMILES string of the molecule is O=C(NCc1ccccc1)C(=O)N/N=C/c1cccc(OCc2cccc3ccccc23)c1. The number of hydrogen-bond donors (Lipinski definition) is 2. The second-order valence-electron chi connectivity index (χ2n) is 7.37. The number of fused-ring (bicyclic) bond motifs is 1. The molecular formula is C27H23N3O3. The molecule has 164 valence electrons. The fourth-order valence-electron chi connectivity index (χ4n) is 3.34. The molecule has 2 amide bonds. The summed E-state index contributed by atoms with van der Waals surface area (Å²) in [6, 6.07) is 31.0. The van der Waals surface area contributed by atoms with Crippen molar-refractivity contribution in [2.75, 3.05) is 0 Å². The molecule has 0 saturated heterocycles. The number of carbonyl (C=O) groups excluding carboxylic acids is 2. The lowest BCUT2D eigenvalue weighted by atomic mass is 10.1. The fourth-order valence-corrected chi connectivity index (χ4v) is 3.34. The zero-order valence-electron chi connectivity index (χ0n) is 17.9. The van der Waals surface area contributed by atoms with Gasteiger partial charge in [0.25, 0.3) is 0 Å². The van der Waals surface area contributed by atoms with Gasteiger partial charge in [-0.3, -0.25) is 9.59 Å². The zero-order valence-corrected chi connectivity index (χ0v) is 17.9. The summed E-state index contributed by atoms with van der Waals surface area (Å²) in [5.74, 6) is -0.896. The summed E-state index contributed by atoms with van der Waals surface area (Å²) in [7, 11) is 0. The molecule has 0 aliphatic carbocycles. The Morgan fingerprint density at radius 1 is 0.818 bits per heavy atom. The average molecular weight is 437 g/mol. The van der Waals surface area contributed by atoms with E-state index >= 15 is 0 Å². The lowest BCUT2D eigenvalue weighted by Gasteiger charge is -2.09. The van der Waals surface area contributed by atoms with Crippen molar-refractivity contribution < 1.29 is 14.3 Å². The molecule has 6 nitrogen and oxygen atoms in total. The van der Waals surface area contributed by atoms with Crippen LogP contribution in [0.1, 0.15) is 16.7 Å². The van der Waals surface area contributed by atoms with Gasteiger partial charge >= 0.3 is 11.8 Å². The van der Waals surface area contributed by atoms with Crippen molar-refractivity contribution in [1.29, 1.82) is 0 Å². The van der Waals surface area contributed by atoms with Crippen LogP contribution in [0.5, 0.6) is 5.75 Å². The van der Waals surface area contributed by atoms with Crippen LogP contribution >= 0.6 is 0 Å². The quantitative estimate of drug-likeness (QED) is 0.259.